The van der Waals surface area contributed by atoms with E-state index in [1.54, 1.807) is 0 Å². The van der Waals surface area contributed by atoms with Gasteiger partial charge in [0.2, 0.25) is 0 Å². The molecule has 0 radical (unpaired) electrons. The summed E-state index contributed by atoms with van der Waals surface area (Å²) >= 11 is 0. The zero-order valence-corrected chi connectivity index (χ0v) is 8.92. The summed E-state index contributed by atoms with van der Waals surface area (Å²) in [5.41, 5.74) is 5.64. The Balaban J connectivity index is 2.25. The first kappa shape index (κ1) is 11.0. The van der Waals surface area contributed by atoms with Crippen LogP contribution in [0.2, 0.25) is 0 Å². The summed E-state index contributed by atoms with van der Waals surface area (Å²) in [6.07, 6.45) is 2.62. The second kappa shape index (κ2) is 4.94. The second-order valence-corrected chi connectivity index (χ2v) is 4.37. The first-order chi connectivity index (χ1) is 6.08. The van der Waals surface area contributed by atoms with Crippen LogP contribution in [0.3, 0.4) is 0 Å². The molecule has 1 rings (SSSR count). The Morgan fingerprint density at radius 2 is 1.92 bits per heavy atom. The lowest BCUT2D eigenvalue weighted by atomic mass is 9.98. The van der Waals surface area contributed by atoms with E-state index in [-0.39, 0.29) is 6.04 Å². The molecule has 3 heteroatoms. The highest BCUT2D eigenvalue weighted by molar-refractivity contribution is 4.81. The van der Waals surface area contributed by atoms with E-state index in [9.17, 15) is 0 Å². The Bertz CT molecular complexity index is 140. The summed E-state index contributed by atoms with van der Waals surface area (Å²) in [6.45, 7) is 7.08. The average molecular weight is 186 g/mol. The number of nitrogens with two attached hydrogens (primary N) is 1. The van der Waals surface area contributed by atoms with E-state index < -0.39 is 0 Å². The van der Waals surface area contributed by atoms with Crippen LogP contribution >= 0.6 is 0 Å². The van der Waals surface area contributed by atoms with Crippen molar-refractivity contribution in [2.45, 2.75) is 57.8 Å². The van der Waals surface area contributed by atoms with Crippen molar-refractivity contribution in [3.63, 3.8) is 0 Å². The molecule has 0 aromatic heterocycles. The van der Waals surface area contributed by atoms with E-state index in [0.717, 1.165) is 12.8 Å². The Morgan fingerprint density at radius 1 is 1.38 bits per heavy atom. The van der Waals surface area contributed by atoms with Gasteiger partial charge in [0.15, 0.2) is 0 Å². The van der Waals surface area contributed by atoms with Gasteiger partial charge in [-0.05, 0) is 33.6 Å². The van der Waals surface area contributed by atoms with Gasteiger partial charge in [0, 0.05) is 18.1 Å². The first-order valence-corrected chi connectivity index (χ1v) is 5.21. The average Bonchev–Trinajstić information content (AvgIpc) is 1.99. The van der Waals surface area contributed by atoms with Crippen LogP contribution in [0.4, 0.5) is 0 Å². The van der Waals surface area contributed by atoms with Crippen molar-refractivity contribution in [2.24, 2.45) is 5.73 Å². The van der Waals surface area contributed by atoms with Gasteiger partial charge in [0.25, 0.3) is 0 Å². The van der Waals surface area contributed by atoms with Crippen LogP contribution < -0.4 is 11.1 Å². The third-order valence-electron chi connectivity index (χ3n) is 2.40. The van der Waals surface area contributed by atoms with E-state index in [2.05, 4.69) is 19.2 Å². The van der Waals surface area contributed by atoms with Gasteiger partial charge in [-0.2, -0.15) is 0 Å². The summed E-state index contributed by atoms with van der Waals surface area (Å²) in [6, 6.07) is 1.30. The highest BCUT2D eigenvalue weighted by Crippen LogP contribution is 2.16. The smallest absolute Gasteiger partial charge is 0.0618 e. The Kier molecular flexibility index (Phi) is 4.16. The van der Waals surface area contributed by atoms with Crippen molar-refractivity contribution in [3.05, 3.63) is 0 Å². The maximum absolute atomic E-state index is 5.72. The molecule has 1 aliphatic heterocycles. The van der Waals surface area contributed by atoms with Crippen molar-refractivity contribution in [1.29, 1.82) is 0 Å². The van der Waals surface area contributed by atoms with Crippen LogP contribution in [-0.4, -0.2) is 30.8 Å². The lowest BCUT2D eigenvalue weighted by Gasteiger charge is -2.33. The van der Waals surface area contributed by atoms with Crippen LogP contribution in [-0.2, 0) is 4.74 Å². The fraction of sp³-hybridized carbons (Fsp3) is 1.00. The minimum absolute atomic E-state index is 0.153. The van der Waals surface area contributed by atoms with E-state index in [0.29, 0.717) is 24.8 Å². The number of ether oxygens (including phenoxy) is 1. The van der Waals surface area contributed by atoms with Gasteiger partial charge in [0.1, 0.15) is 0 Å². The molecule has 3 atom stereocenters. The van der Waals surface area contributed by atoms with Crippen LogP contribution in [0, 0.1) is 0 Å². The fourth-order valence-corrected chi connectivity index (χ4v) is 1.93. The number of nitrogens with one attached hydrogen (secondary N) is 1. The molecule has 78 valence electrons. The summed E-state index contributed by atoms with van der Waals surface area (Å²) in [4.78, 5) is 0. The second-order valence-electron chi connectivity index (χ2n) is 4.37. The third-order valence-corrected chi connectivity index (χ3v) is 2.40. The highest BCUT2D eigenvalue weighted by Gasteiger charge is 2.23. The predicted molar refractivity (Wildman–Crippen MR) is 54.7 cm³/mol. The molecule has 0 aromatic rings. The van der Waals surface area contributed by atoms with E-state index >= 15 is 0 Å². The minimum atomic E-state index is 0.153. The molecule has 0 bridgehead atoms. The predicted octanol–water partition coefficient (Wildman–Crippen LogP) is 0.879. The zero-order chi connectivity index (χ0) is 9.84. The van der Waals surface area contributed by atoms with Crippen LogP contribution in [0.15, 0.2) is 0 Å². The molecular formula is C10H22N2O. The summed E-state index contributed by atoms with van der Waals surface area (Å²) in [5, 5.41) is 3.49. The molecular weight excluding hydrogens is 164 g/mol. The number of hydrogen-bond acceptors (Lipinski definition) is 3. The quantitative estimate of drug-likeness (QED) is 0.688. The molecule has 1 aliphatic rings. The molecule has 0 amide bonds. The van der Waals surface area contributed by atoms with Gasteiger partial charge in [0.05, 0.1) is 12.7 Å². The van der Waals surface area contributed by atoms with Crippen LogP contribution in [0.5, 0.6) is 0 Å². The Labute approximate surface area is 81.0 Å². The number of hydrogen-bond donors (Lipinski definition) is 2. The summed E-state index contributed by atoms with van der Waals surface area (Å²) < 4.78 is 5.72. The first-order valence-electron chi connectivity index (χ1n) is 5.21. The maximum Gasteiger partial charge on any atom is 0.0618 e. The van der Waals surface area contributed by atoms with Crippen molar-refractivity contribution < 1.29 is 4.74 Å². The molecule has 3 unspecified atom stereocenters. The molecule has 1 fully saturated rings. The molecule has 0 aliphatic carbocycles. The molecule has 0 spiro atoms. The van der Waals surface area contributed by atoms with Gasteiger partial charge in [-0.25, -0.2) is 0 Å². The summed E-state index contributed by atoms with van der Waals surface area (Å²) in [5.74, 6) is 0. The molecule has 1 heterocycles. The monoisotopic (exact) mass is 186 g/mol. The van der Waals surface area contributed by atoms with Gasteiger partial charge < -0.3 is 15.8 Å². The Morgan fingerprint density at radius 3 is 2.38 bits per heavy atom. The molecule has 0 saturated carbocycles. The largest absolute Gasteiger partial charge is 0.377 e. The molecule has 3 nitrogen and oxygen atoms in total. The lowest BCUT2D eigenvalue weighted by Crippen LogP contribution is -2.45. The maximum atomic E-state index is 5.72. The van der Waals surface area contributed by atoms with Gasteiger partial charge in [-0.15, -0.1) is 0 Å². The third kappa shape index (κ3) is 4.07. The minimum Gasteiger partial charge on any atom is -0.377 e. The van der Waals surface area contributed by atoms with Crippen molar-refractivity contribution in [1.82, 2.24) is 5.32 Å². The van der Waals surface area contributed by atoms with E-state index in [1.807, 2.05) is 6.92 Å². The molecule has 3 N–H and O–H groups in total. The van der Waals surface area contributed by atoms with Crippen molar-refractivity contribution >= 4 is 0 Å². The molecule has 1 saturated heterocycles. The number of piperidine rings is 1. The van der Waals surface area contributed by atoms with Crippen LogP contribution in [0.25, 0.3) is 0 Å². The fourth-order valence-electron chi connectivity index (χ4n) is 1.93. The van der Waals surface area contributed by atoms with Gasteiger partial charge in [-0.1, -0.05) is 0 Å². The standard InChI is InChI=1S/C10H22N2O/c1-7(11)6-13-10-4-8(2)12-9(3)5-10/h7-10,12H,4-6,11H2,1-3H3. The Hall–Kier alpha value is -0.120. The van der Waals surface area contributed by atoms with Crippen molar-refractivity contribution in [2.75, 3.05) is 6.61 Å². The van der Waals surface area contributed by atoms with Crippen LogP contribution in [0.1, 0.15) is 33.6 Å². The van der Waals surface area contributed by atoms with Crippen molar-refractivity contribution in [3.8, 4) is 0 Å². The normalized spacial score (nSPS) is 37.4. The molecule has 13 heavy (non-hydrogen) atoms. The lowest BCUT2D eigenvalue weighted by molar-refractivity contribution is 0.00897. The topological polar surface area (TPSA) is 47.3 Å². The zero-order valence-electron chi connectivity index (χ0n) is 8.92. The van der Waals surface area contributed by atoms with Gasteiger partial charge in [-0.3, -0.25) is 0 Å². The van der Waals surface area contributed by atoms with E-state index in [4.69, 9.17) is 10.5 Å². The SMILES string of the molecule is CC(N)COC1CC(C)NC(C)C1. The summed E-state index contributed by atoms with van der Waals surface area (Å²) in [7, 11) is 0. The van der Waals surface area contributed by atoms with Gasteiger partial charge >= 0.3 is 0 Å². The highest BCUT2D eigenvalue weighted by atomic mass is 16.5. The number of rotatable bonds is 3. The van der Waals surface area contributed by atoms with E-state index in [1.165, 1.54) is 0 Å². The molecule has 0 aromatic carbocycles.